The van der Waals surface area contributed by atoms with Crippen LogP contribution in [0.15, 0.2) is 71.1 Å². The summed E-state index contributed by atoms with van der Waals surface area (Å²) >= 11 is 5.38. The predicted molar refractivity (Wildman–Crippen MR) is 147 cm³/mol. The van der Waals surface area contributed by atoms with Crippen molar-refractivity contribution in [1.29, 1.82) is 0 Å². The first-order valence-corrected chi connectivity index (χ1v) is 12.3. The highest BCUT2D eigenvalue weighted by atomic mass is 32.1. The minimum absolute atomic E-state index is 0.0296. The van der Waals surface area contributed by atoms with Gasteiger partial charge in [-0.1, -0.05) is 58.9 Å². The molecule has 0 radical (unpaired) electrons. The average molecular weight is 486 g/mol. The van der Waals surface area contributed by atoms with Crippen LogP contribution in [0.2, 0.25) is 0 Å². The number of carbonyl (C=O) groups is 1. The number of carbonyl (C=O) groups excluding carboxylic acids is 1. The summed E-state index contributed by atoms with van der Waals surface area (Å²) in [7, 11) is 0. The number of thiocarbonyl (C=S) groups is 1. The van der Waals surface area contributed by atoms with Crippen molar-refractivity contribution in [2.45, 2.75) is 52.4 Å². The van der Waals surface area contributed by atoms with Crippen LogP contribution in [0.3, 0.4) is 0 Å². The summed E-state index contributed by atoms with van der Waals surface area (Å²) in [6.45, 7) is 10.8. The van der Waals surface area contributed by atoms with E-state index in [-0.39, 0.29) is 16.4 Å². The van der Waals surface area contributed by atoms with Crippen molar-refractivity contribution in [3.63, 3.8) is 0 Å². The maximum Gasteiger partial charge on any atom is 0.257 e. The fourth-order valence-electron chi connectivity index (χ4n) is 3.80. The molecular weight excluding hydrogens is 454 g/mol. The molecule has 1 heterocycles. The number of rotatable bonds is 5. The van der Waals surface area contributed by atoms with Gasteiger partial charge in [0.1, 0.15) is 5.52 Å². The van der Waals surface area contributed by atoms with Gasteiger partial charge >= 0.3 is 0 Å². The van der Waals surface area contributed by atoms with E-state index < -0.39 is 0 Å². The number of amides is 1. The number of nitrogens with zero attached hydrogens (tertiary/aromatic N) is 1. The van der Waals surface area contributed by atoms with Gasteiger partial charge in [-0.15, -0.1) is 0 Å². The molecule has 5 nitrogen and oxygen atoms in total. The molecule has 35 heavy (non-hydrogen) atoms. The monoisotopic (exact) mass is 485 g/mol. The van der Waals surface area contributed by atoms with E-state index in [2.05, 4.69) is 57.4 Å². The van der Waals surface area contributed by atoms with E-state index >= 15 is 0 Å². The van der Waals surface area contributed by atoms with Crippen LogP contribution in [0.25, 0.3) is 22.6 Å². The van der Waals surface area contributed by atoms with Crippen LogP contribution in [-0.2, 0) is 5.41 Å². The molecule has 3 aromatic carbocycles. The molecule has 4 aromatic rings. The molecule has 0 aliphatic heterocycles. The zero-order valence-corrected chi connectivity index (χ0v) is 21.6. The lowest BCUT2D eigenvalue weighted by Gasteiger charge is -2.19. The molecule has 1 atom stereocenters. The third kappa shape index (κ3) is 5.77. The van der Waals surface area contributed by atoms with E-state index in [1.165, 1.54) is 11.1 Å². The Hall–Kier alpha value is -3.51. The minimum Gasteiger partial charge on any atom is -0.436 e. The maximum absolute atomic E-state index is 12.6. The molecule has 0 aliphatic carbocycles. The van der Waals surface area contributed by atoms with Crippen LogP contribution in [0.5, 0.6) is 0 Å². The first-order valence-electron chi connectivity index (χ1n) is 11.9. The number of oxazole rings is 1. The number of anilines is 1. The average Bonchev–Trinajstić information content (AvgIpc) is 3.26. The van der Waals surface area contributed by atoms with E-state index in [0.717, 1.165) is 28.8 Å². The lowest BCUT2D eigenvalue weighted by molar-refractivity contribution is 0.0977. The lowest BCUT2D eigenvalue weighted by Crippen LogP contribution is -2.34. The van der Waals surface area contributed by atoms with Gasteiger partial charge in [0.2, 0.25) is 5.89 Å². The summed E-state index contributed by atoms with van der Waals surface area (Å²) in [6, 6.07) is 21.4. The van der Waals surface area contributed by atoms with E-state index in [4.69, 9.17) is 21.6 Å². The van der Waals surface area contributed by atoms with Crippen molar-refractivity contribution in [2.24, 2.45) is 0 Å². The largest absolute Gasteiger partial charge is 0.436 e. The third-order valence-corrected chi connectivity index (χ3v) is 6.40. The molecular formula is C29H31N3O2S. The number of fused-ring (bicyclic) bond motifs is 1. The highest BCUT2D eigenvalue weighted by Crippen LogP contribution is 2.29. The van der Waals surface area contributed by atoms with E-state index in [0.29, 0.717) is 17.4 Å². The molecule has 0 saturated heterocycles. The molecule has 0 aliphatic rings. The smallest absolute Gasteiger partial charge is 0.257 e. The van der Waals surface area contributed by atoms with E-state index in [1.54, 1.807) is 0 Å². The van der Waals surface area contributed by atoms with Crippen molar-refractivity contribution in [1.82, 2.24) is 10.3 Å². The second-order valence-electron chi connectivity index (χ2n) is 9.87. The third-order valence-electron chi connectivity index (χ3n) is 6.20. The SMILES string of the molecule is CC[C@H](C)c1ccc2oc(-c3cccc(NC(=S)NC(=O)c4ccc(C(C)(C)C)cc4)c3)nc2c1. The van der Waals surface area contributed by atoms with Gasteiger partial charge in [0.15, 0.2) is 10.7 Å². The Labute approximate surface area is 212 Å². The standard InChI is InChI=1S/C29H31N3O2S/c1-6-18(2)20-12-15-25-24(17-20)31-27(34-25)21-8-7-9-23(16-21)30-28(35)32-26(33)19-10-13-22(14-11-19)29(3,4)5/h7-18H,6H2,1-5H3,(H2,30,32,33,35)/t18-/m0/s1. The topological polar surface area (TPSA) is 67.2 Å². The van der Waals surface area contributed by atoms with Gasteiger partial charge in [0, 0.05) is 16.8 Å². The van der Waals surface area contributed by atoms with Crippen LogP contribution in [0.1, 0.15) is 68.4 Å². The Morgan fingerprint density at radius 3 is 2.49 bits per heavy atom. The summed E-state index contributed by atoms with van der Waals surface area (Å²) < 4.78 is 6.00. The van der Waals surface area contributed by atoms with Gasteiger partial charge in [-0.3, -0.25) is 10.1 Å². The highest BCUT2D eigenvalue weighted by molar-refractivity contribution is 7.80. The van der Waals surface area contributed by atoms with E-state index in [1.807, 2.05) is 54.6 Å². The van der Waals surface area contributed by atoms with Crippen molar-refractivity contribution in [3.05, 3.63) is 83.4 Å². The zero-order valence-electron chi connectivity index (χ0n) is 20.8. The fraction of sp³-hybridized carbons (Fsp3) is 0.276. The Bertz CT molecular complexity index is 1370. The van der Waals surface area contributed by atoms with Gasteiger partial charge in [-0.05, 0) is 83.6 Å². The summed E-state index contributed by atoms with van der Waals surface area (Å²) in [5.74, 6) is 0.758. The molecule has 0 spiro atoms. The van der Waals surface area contributed by atoms with Crippen molar-refractivity contribution < 1.29 is 9.21 Å². The highest BCUT2D eigenvalue weighted by Gasteiger charge is 2.15. The first kappa shape index (κ1) is 24.6. The quantitative estimate of drug-likeness (QED) is 0.288. The minimum atomic E-state index is -0.254. The molecule has 2 N–H and O–H groups in total. The summed E-state index contributed by atoms with van der Waals surface area (Å²) in [5, 5.41) is 6.06. The maximum atomic E-state index is 12.6. The van der Waals surface area contributed by atoms with Crippen molar-refractivity contribution >= 4 is 40.0 Å². The Balaban J connectivity index is 1.45. The molecule has 0 bridgehead atoms. The fourth-order valence-corrected chi connectivity index (χ4v) is 4.01. The Morgan fingerprint density at radius 1 is 1.06 bits per heavy atom. The van der Waals surface area contributed by atoms with Gasteiger partial charge in [-0.2, -0.15) is 0 Å². The second-order valence-corrected chi connectivity index (χ2v) is 10.3. The van der Waals surface area contributed by atoms with Crippen LogP contribution in [0.4, 0.5) is 5.69 Å². The van der Waals surface area contributed by atoms with Crippen molar-refractivity contribution in [3.8, 4) is 11.5 Å². The predicted octanol–water partition coefficient (Wildman–Crippen LogP) is 7.43. The van der Waals surface area contributed by atoms with E-state index in [9.17, 15) is 4.79 Å². The Kier molecular flexibility index (Phi) is 7.03. The number of aromatic nitrogens is 1. The molecule has 180 valence electrons. The van der Waals surface area contributed by atoms with Gasteiger partial charge in [0.05, 0.1) is 0 Å². The molecule has 0 fully saturated rings. The second kappa shape index (κ2) is 10.0. The van der Waals surface area contributed by atoms with Crippen molar-refractivity contribution in [2.75, 3.05) is 5.32 Å². The summed E-state index contributed by atoms with van der Waals surface area (Å²) in [5.41, 5.74) is 6.16. The number of hydrogen-bond donors (Lipinski definition) is 2. The van der Waals surface area contributed by atoms with Crippen LogP contribution in [-0.4, -0.2) is 16.0 Å². The van der Waals surface area contributed by atoms with Crippen LogP contribution in [0, 0.1) is 0 Å². The number of benzene rings is 3. The molecule has 4 rings (SSSR count). The normalized spacial score (nSPS) is 12.4. The number of nitrogens with one attached hydrogen (secondary N) is 2. The van der Waals surface area contributed by atoms with Gasteiger partial charge < -0.3 is 9.73 Å². The molecule has 1 aromatic heterocycles. The van der Waals surface area contributed by atoms with Gasteiger partial charge in [0.25, 0.3) is 5.91 Å². The molecule has 0 saturated carbocycles. The summed E-state index contributed by atoms with van der Waals surface area (Å²) in [4.78, 5) is 17.3. The number of hydrogen-bond acceptors (Lipinski definition) is 4. The molecule has 6 heteroatoms. The molecule has 0 unspecified atom stereocenters. The first-order chi connectivity index (χ1) is 16.6. The lowest BCUT2D eigenvalue weighted by atomic mass is 9.87. The Morgan fingerprint density at radius 2 is 1.80 bits per heavy atom. The zero-order chi connectivity index (χ0) is 25.2. The van der Waals surface area contributed by atoms with Crippen LogP contribution < -0.4 is 10.6 Å². The van der Waals surface area contributed by atoms with Gasteiger partial charge in [-0.25, -0.2) is 4.98 Å². The molecule has 1 amide bonds. The summed E-state index contributed by atoms with van der Waals surface area (Å²) in [6.07, 6.45) is 1.07. The van der Waals surface area contributed by atoms with Crippen LogP contribution >= 0.6 is 12.2 Å².